The minimum absolute atomic E-state index is 0.0260. The summed E-state index contributed by atoms with van der Waals surface area (Å²) in [5.74, 6) is -0.0532. The number of amides is 2. The largest absolute Gasteiger partial charge is 0.363 e. The van der Waals surface area contributed by atoms with Crippen LogP contribution in [0.25, 0.3) is 0 Å². The maximum atomic E-state index is 13.2. The third-order valence-corrected chi connectivity index (χ3v) is 6.31. The van der Waals surface area contributed by atoms with Crippen LogP contribution in [0.5, 0.6) is 0 Å². The number of piperidine rings is 1. The number of aromatic nitrogens is 2. The Morgan fingerprint density at radius 1 is 1.31 bits per heavy atom. The van der Waals surface area contributed by atoms with E-state index >= 15 is 0 Å². The summed E-state index contributed by atoms with van der Waals surface area (Å²) in [6.45, 7) is 8.41. The van der Waals surface area contributed by atoms with Crippen LogP contribution in [0.4, 0.5) is 0 Å². The van der Waals surface area contributed by atoms with Crippen molar-refractivity contribution in [2.24, 2.45) is 0 Å². The molecule has 2 aliphatic heterocycles. The van der Waals surface area contributed by atoms with Crippen molar-refractivity contribution in [1.82, 2.24) is 19.6 Å². The van der Waals surface area contributed by atoms with E-state index in [1.165, 1.54) is 0 Å². The van der Waals surface area contributed by atoms with Gasteiger partial charge in [0.15, 0.2) is 0 Å². The summed E-state index contributed by atoms with van der Waals surface area (Å²) in [4.78, 5) is 29.7. The van der Waals surface area contributed by atoms with Gasteiger partial charge in [0.05, 0.1) is 23.4 Å². The van der Waals surface area contributed by atoms with Gasteiger partial charge in [0, 0.05) is 31.9 Å². The zero-order valence-electron chi connectivity index (χ0n) is 17.3. The summed E-state index contributed by atoms with van der Waals surface area (Å²) in [5.41, 5.74) is 2.15. The molecular formula is C22H28N4O3. The molecule has 1 aromatic heterocycles. The molecule has 4 rings (SSSR count). The first kappa shape index (κ1) is 19.6. The van der Waals surface area contributed by atoms with Gasteiger partial charge < -0.3 is 14.5 Å². The van der Waals surface area contributed by atoms with Crippen molar-refractivity contribution in [3.05, 3.63) is 53.3 Å². The van der Waals surface area contributed by atoms with Crippen LogP contribution in [0.15, 0.2) is 36.5 Å². The first-order valence-corrected chi connectivity index (χ1v) is 10.2. The van der Waals surface area contributed by atoms with Crippen molar-refractivity contribution in [2.45, 2.75) is 51.9 Å². The fraction of sp³-hybridized carbons (Fsp3) is 0.500. The molecule has 2 aliphatic rings. The lowest BCUT2D eigenvalue weighted by Gasteiger charge is -2.52. The second-order valence-corrected chi connectivity index (χ2v) is 8.08. The number of ether oxygens (including phenoxy) is 1. The minimum Gasteiger partial charge on any atom is -0.363 e. The fourth-order valence-electron chi connectivity index (χ4n) is 4.41. The van der Waals surface area contributed by atoms with E-state index < -0.39 is 5.60 Å². The molecule has 0 aliphatic carbocycles. The molecular weight excluding hydrogens is 368 g/mol. The van der Waals surface area contributed by atoms with Crippen molar-refractivity contribution in [3.8, 4) is 0 Å². The fourth-order valence-corrected chi connectivity index (χ4v) is 4.41. The molecule has 154 valence electrons. The highest BCUT2D eigenvalue weighted by molar-refractivity contribution is 5.95. The molecule has 2 saturated heterocycles. The van der Waals surface area contributed by atoms with Crippen LogP contribution in [-0.2, 0) is 22.6 Å². The Bertz CT molecular complexity index is 910. The van der Waals surface area contributed by atoms with Crippen LogP contribution in [0, 0.1) is 6.92 Å². The lowest BCUT2D eigenvalue weighted by atomic mass is 9.85. The summed E-state index contributed by atoms with van der Waals surface area (Å²) in [5, 5.41) is 4.31. The van der Waals surface area contributed by atoms with Crippen molar-refractivity contribution in [1.29, 1.82) is 0 Å². The van der Waals surface area contributed by atoms with Gasteiger partial charge in [-0.15, -0.1) is 0 Å². The Balaban J connectivity index is 1.58. The molecule has 7 nitrogen and oxygen atoms in total. The SMILES string of the molecule is CCn1ncc(C(=O)N2CC[C@@]3(C)OCC(=O)N(Cc4ccccc4)[C@@H]3C2)c1C. The quantitative estimate of drug-likeness (QED) is 0.795. The van der Waals surface area contributed by atoms with E-state index in [4.69, 9.17) is 4.74 Å². The molecule has 0 unspecified atom stereocenters. The summed E-state index contributed by atoms with van der Waals surface area (Å²) in [6, 6.07) is 9.79. The molecule has 0 N–H and O–H groups in total. The molecule has 2 fully saturated rings. The first-order chi connectivity index (χ1) is 13.9. The average molecular weight is 396 g/mol. The lowest BCUT2D eigenvalue weighted by molar-refractivity contribution is -0.186. The van der Waals surface area contributed by atoms with E-state index in [1.807, 2.05) is 58.7 Å². The van der Waals surface area contributed by atoms with Crippen molar-refractivity contribution < 1.29 is 14.3 Å². The highest BCUT2D eigenvalue weighted by Crippen LogP contribution is 2.35. The van der Waals surface area contributed by atoms with Crippen LogP contribution in [0.2, 0.25) is 0 Å². The Kier molecular flexibility index (Phi) is 5.17. The average Bonchev–Trinajstić information content (AvgIpc) is 3.11. The summed E-state index contributed by atoms with van der Waals surface area (Å²) in [7, 11) is 0. The highest BCUT2D eigenvalue weighted by atomic mass is 16.5. The summed E-state index contributed by atoms with van der Waals surface area (Å²) < 4.78 is 7.81. The summed E-state index contributed by atoms with van der Waals surface area (Å²) >= 11 is 0. The number of benzene rings is 1. The second kappa shape index (κ2) is 7.63. The monoisotopic (exact) mass is 396 g/mol. The number of aryl methyl sites for hydroxylation is 1. The third-order valence-electron chi connectivity index (χ3n) is 6.31. The normalized spacial score (nSPS) is 24.5. The number of hydrogen-bond acceptors (Lipinski definition) is 4. The predicted molar refractivity (Wildman–Crippen MR) is 108 cm³/mol. The van der Waals surface area contributed by atoms with E-state index in [0.717, 1.165) is 17.8 Å². The molecule has 0 saturated carbocycles. The number of fused-ring (bicyclic) bond motifs is 1. The zero-order valence-corrected chi connectivity index (χ0v) is 17.3. The summed E-state index contributed by atoms with van der Waals surface area (Å²) in [6.07, 6.45) is 2.35. The highest BCUT2D eigenvalue weighted by Gasteiger charge is 2.49. The van der Waals surface area contributed by atoms with E-state index in [2.05, 4.69) is 12.0 Å². The Hall–Kier alpha value is -2.67. The molecule has 0 radical (unpaired) electrons. The number of carbonyl (C=O) groups excluding carboxylic acids is 2. The molecule has 2 amide bonds. The van der Waals surface area contributed by atoms with Crippen molar-refractivity contribution in [3.63, 3.8) is 0 Å². The number of hydrogen-bond donors (Lipinski definition) is 0. The second-order valence-electron chi connectivity index (χ2n) is 8.08. The molecule has 7 heteroatoms. The minimum atomic E-state index is -0.442. The third kappa shape index (κ3) is 3.55. The molecule has 2 atom stereocenters. The van der Waals surface area contributed by atoms with Gasteiger partial charge in [-0.05, 0) is 32.8 Å². The molecule has 2 aromatic rings. The predicted octanol–water partition coefficient (Wildman–Crippen LogP) is 2.24. The van der Waals surface area contributed by atoms with Gasteiger partial charge in [0.2, 0.25) is 5.91 Å². The topological polar surface area (TPSA) is 67.7 Å². The molecule has 1 aromatic carbocycles. The van der Waals surface area contributed by atoms with Crippen molar-refractivity contribution >= 4 is 11.8 Å². The zero-order chi connectivity index (χ0) is 20.6. The number of nitrogens with zero attached hydrogens (tertiary/aromatic N) is 4. The lowest BCUT2D eigenvalue weighted by Crippen LogP contribution is -2.67. The van der Waals surface area contributed by atoms with Crippen LogP contribution < -0.4 is 0 Å². The van der Waals surface area contributed by atoms with Crippen LogP contribution in [0.1, 0.15) is 41.9 Å². The molecule has 29 heavy (non-hydrogen) atoms. The van der Waals surface area contributed by atoms with Gasteiger partial charge in [-0.3, -0.25) is 14.3 Å². The van der Waals surface area contributed by atoms with Gasteiger partial charge in [0.25, 0.3) is 5.91 Å². The van der Waals surface area contributed by atoms with Crippen LogP contribution in [-0.4, -0.2) is 62.7 Å². The standard InChI is InChI=1S/C22H28N4O3/c1-4-26-16(2)18(12-23-26)21(28)24-11-10-22(3)19(14-24)25(20(27)15-29-22)13-17-8-6-5-7-9-17/h5-9,12,19H,4,10-11,13-15H2,1-3H3/t19-,22-/m1/s1. The number of rotatable bonds is 4. The van der Waals surface area contributed by atoms with Gasteiger partial charge in [-0.1, -0.05) is 30.3 Å². The maximum Gasteiger partial charge on any atom is 0.257 e. The van der Waals surface area contributed by atoms with Gasteiger partial charge in [-0.25, -0.2) is 0 Å². The molecule has 0 spiro atoms. The number of morpholine rings is 1. The molecule has 0 bridgehead atoms. The van der Waals surface area contributed by atoms with E-state index in [-0.39, 0.29) is 24.5 Å². The van der Waals surface area contributed by atoms with Crippen LogP contribution >= 0.6 is 0 Å². The number of carbonyl (C=O) groups is 2. The molecule has 3 heterocycles. The Morgan fingerprint density at radius 2 is 2.07 bits per heavy atom. The smallest absolute Gasteiger partial charge is 0.257 e. The van der Waals surface area contributed by atoms with Gasteiger partial charge in [0.1, 0.15) is 6.61 Å². The van der Waals surface area contributed by atoms with Crippen molar-refractivity contribution in [2.75, 3.05) is 19.7 Å². The maximum absolute atomic E-state index is 13.2. The van der Waals surface area contributed by atoms with E-state index in [1.54, 1.807) is 6.20 Å². The van der Waals surface area contributed by atoms with Crippen LogP contribution in [0.3, 0.4) is 0 Å². The van der Waals surface area contributed by atoms with E-state index in [9.17, 15) is 9.59 Å². The Morgan fingerprint density at radius 3 is 2.76 bits per heavy atom. The first-order valence-electron chi connectivity index (χ1n) is 10.2. The van der Waals surface area contributed by atoms with E-state index in [0.29, 0.717) is 31.6 Å². The van der Waals surface area contributed by atoms with Gasteiger partial charge >= 0.3 is 0 Å². The number of likely N-dealkylation sites (tertiary alicyclic amines) is 1. The van der Waals surface area contributed by atoms with Gasteiger partial charge in [-0.2, -0.15) is 5.10 Å². The Labute approximate surface area is 171 Å².